The van der Waals surface area contributed by atoms with Crippen LogP contribution in [0, 0.1) is 0 Å². The number of hydrogen-bond donors (Lipinski definition) is 0. The van der Waals surface area contributed by atoms with Gasteiger partial charge in [0.2, 0.25) is 0 Å². The smallest absolute Gasteiger partial charge is 0.379 e. The second-order valence-corrected chi connectivity index (χ2v) is 2.79. The molecule has 0 saturated carbocycles. The first kappa shape index (κ1) is 11.1. The van der Waals surface area contributed by atoms with Gasteiger partial charge >= 0.3 is 5.97 Å². The normalized spacial score (nSPS) is 9.40. The molecule has 0 aliphatic rings. The van der Waals surface area contributed by atoms with E-state index in [1.807, 2.05) is 0 Å². The van der Waals surface area contributed by atoms with Crippen molar-refractivity contribution >= 4 is 18.0 Å². The van der Waals surface area contributed by atoms with E-state index >= 15 is 0 Å². The molecule has 0 heterocycles. The largest absolute Gasteiger partial charge is 0.460 e. The number of carbonyl (C=O) groups is 3. The van der Waals surface area contributed by atoms with Crippen LogP contribution >= 0.6 is 0 Å². The van der Waals surface area contributed by atoms with Gasteiger partial charge in [-0.1, -0.05) is 24.3 Å². The molecule has 0 spiro atoms. The quantitative estimate of drug-likeness (QED) is 0.322. The molecule has 1 rings (SSSR count). The Bertz CT molecular complexity index is 378. The molecule has 0 aliphatic carbocycles. The van der Waals surface area contributed by atoms with E-state index in [0.717, 1.165) is 0 Å². The Balaban J connectivity index is 2.82. The van der Waals surface area contributed by atoms with Gasteiger partial charge in [-0.15, -0.1) is 0 Å². The zero-order valence-electron chi connectivity index (χ0n) is 8.23. The van der Waals surface area contributed by atoms with E-state index in [4.69, 9.17) is 0 Å². The maximum Gasteiger partial charge on any atom is 0.379 e. The lowest BCUT2D eigenvalue weighted by Crippen LogP contribution is -2.17. The van der Waals surface area contributed by atoms with Crippen LogP contribution in [0.5, 0.6) is 0 Å². The van der Waals surface area contributed by atoms with Crippen LogP contribution in [-0.4, -0.2) is 24.6 Å². The first-order valence-corrected chi connectivity index (χ1v) is 4.45. The molecule has 4 heteroatoms. The molecule has 0 aromatic heterocycles. The first-order chi connectivity index (χ1) is 7.19. The van der Waals surface area contributed by atoms with Crippen LogP contribution in [0.1, 0.15) is 27.6 Å². The van der Waals surface area contributed by atoms with Crippen molar-refractivity contribution in [2.45, 2.75) is 6.92 Å². The zero-order valence-corrected chi connectivity index (χ0v) is 8.23. The molecule has 1 aromatic carbocycles. The van der Waals surface area contributed by atoms with Crippen molar-refractivity contribution in [2.24, 2.45) is 0 Å². The summed E-state index contributed by atoms with van der Waals surface area (Å²) in [6, 6.07) is 5.78. The number of Topliss-reactive ketones (excluding diaryl/α,β-unsaturated/α-hetero) is 1. The lowest BCUT2D eigenvalue weighted by atomic mass is 10.1. The van der Waals surface area contributed by atoms with E-state index in [1.54, 1.807) is 6.92 Å². The average Bonchev–Trinajstić information content (AvgIpc) is 2.28. The summed E-state index contributed by atoms with van der Waals surface area (Å²) < 4.78 is 4.56. The molecule has 4 nitrogen and oxygen atoms in total. The third-order valence-electron chi connectivity index (χ3n) is 1.77. The second kappa shape index (κ2) is 5.05. The summed E-state index contributed by atoms with van der Waals surface area (Å²) in [5, 5.41) is 0. The molecule has 0 unspecified atom stereocenters. The summed E-state index contributed by atoms with van der Waals surface area (Å²) >= 11 is 0. The van der Waals surface area contributed by atoms with Crippen molar-refractivity contribution in [3.63, 3.8) is 0 Å². The number of benzene rings is 1. The van der Waals surface area contributed by atoms with Crippen LogP contribution in [0.2, 0.25) is 0 Å². The third-order valence-corrected chi connectivity index (χ3v) is 1.77. The molecular formula is C11H10O4. The van der Waals surface area contributed by atoms with E-state index in [9.17, 15) is 14.4 Å². The van der Waals surface area contributed by atoms with E-state index in [-0.39, 0.29) is 12.2 Å². The molecule has 78 valence electrons. The fourth-order valence-electron chi connectivity index (χ4n) is 1.03. The van der Waals surface area contributed by atoms with Crippen LogP contribution in [-0.2, 0) is 9.53 Å². The van der Waals surface area contributed by atoms with Gasteiger partial charge in [0.1, 0.15) is 6.29 Å². The van der Waals surface area contributed by atoms with Gasteiger partial charge in [0.15, 0.2) is 0 Å². The SMILES string of the molecule is CCOC(=O)C(=O)c1ccc(C=O)cc1. The number of aldehydes is 1. The minimum Gasteiger partial charge on any atom is -0.460 e. The van der Waals surface area contributed by atoms with Crippen LogP contribution in [0.3, 0.4) is 0 Å². The van der Waals surface area contributed by atoms with Gasteiger partial charge in [-0.05, 0) is 6.92 Å². The molecule has 0 radical (unpaired) electrons. The lowest BCUT2D eigenvalue weighted by Gasteiger charge is -2.00. The Kier molecular flexibility index (Phi) is 3.74. The molecular weight excluding hydrogens is 196 g/mol. The number of esters is 1. The highest BCUT2D eigenvalue weighted by Crippen LogP contribution is 2.04. The summed E-state index contributed by atoms with van der Waals surface area (Å²) in [5.74, 6) is -1.58. The van der Waals surface area contributed by atoms with Gasteiger partial charge in [-0.25, -0.2) is 4.79 Å². The van der Waals surface area contributed by atoms with Gasteiger partial charge in [-0.3, -0.25) is 9.59 Å². The minimum absolute atomic E-state index is 0.164. The maximum absolute atomic E-state index is 11.4. The van der Waals surface area contributed by atoms with Crippen molar-refractivity contribution in [1.29, 1.82) is 0 Å². The van der Waals surface area contributed by atoms with Gasteiger partial charge in [0.05, 0.1) is 6.61 Å². The predicted octanol–water partition coefficient (Wildman–Crippen LogP) is 1.24. The molecule has 0 bridgehead atoms. The second-order valence-electron chi connectivity index (χ2n) is 2.79. The van der Waals surface area contributed by atoms with Crippen LogP contribution in [0.15, 0.2) is 24.3 Å². The molecule has 0 aliphatic heterocycles. The monoisotopic (exact) mass is 206 g/mol. The fourth-order valence-corrected chi connectivity index (χ4v) is 1.03. The predicted molar refractivity (Wildman–Crippen MR) is 52.8 cm³/mol. The van der Waals surface area contributed by atoms with E-state index < -0.39 is 11.8 Å². The van der Waals surface area contributed by atoms with Gasteiger partial charge < -0.3 is 4.74 Å². The molecule has 0 atom stereocenters. The van der Waals surface area contributed by atoms with Crippen molar-refractivity contribution in [3.8, 4) is 0 Å². The molecule has 0 saturated heterocycles. The summed E-state index contributed by atoms with van der Waals surface area (Å²) in [4.78, 5) is 32.8. The Morgan fingerprint density at radius 3 is 2.33 bits per heavy atom. The summed E-state index contributed by atoms with van der Waals surface area (Å²) in [6.45, 7) is 1.79. The number of carbonyl (C=O) groups excluding carboxylic acids is 3. The molecule has 0 N–H and O–H groups in total. The Morgan fingerprint density at radius 2 is 1.87 bits per heavy atom. The van der Waals surface area contributed by atoms with Gasteiger partial charge in [0, 0.05) is 11.1 Å². The topological polar surface area (TPSA) is 60.4 Å². The fraction of sp³-hybridized carbons (Fsp3) is 0.182. The van der Waals surface area contributed by atoms with Crippen molar-refractivity contribution < 1.29 is 19.1 Å². The molecule has 1 aromatic rings. The van der Waals surface area contributed by atoms with Gasteiger partial charge in [0.25, 0.3) is 5.78 Å². The van der Waals surface area contributed by atoms with Crippen molar-refractivity contribution in [3.05, 3.63) is 35.4 Å². The van der Waals surface area contributed by atoms with Crippen LogP contribution in [0.4, 0.5) is 0 Å². The Labute approximate surface area is 86.9 Å². The van der Waals surface area contributed by atoms with Crippen LogP contribution < -0.4 is 0 Å². The summed E-state index contributed by atoms with van der Waals surface area (Å²) in [6.07, 6.45) is 0.665. The van der Waals surface area contributed by atoms with Crippen molar-refractivity contribution in [2.75, 3.05) is 6.61 Å². The Hall–Kier alpha value is -1.97. The Morgan fingerprint density at radius 1 is 1.27 bits per heavy atom. The highest BCUT2D eigenvalue weighted by atomic mass is 16.5. The molecule has 0 amide bonds. The number of ketones is 1. The van der Waals surface area contributed by atoms with E-state index in [2.05, 4.69) is 4.74 Å². The first-order valence-electron chi connectivity index (χ1n) is 4.45. The molecule has 15 heavy (non-hydrogen) atoms. The van der Waals surface area contributed by atoms with Gasteiger partial charge in [-0.2, -0.15) is 0 Å². The lowest BCUT2D eigenvalue weighted by molar-refractivity contribution is -0.137. The zero-order chi connectivity index (χ0) is 11.3. The van der Waals surface area contributed by atoms with Crippen molar-refractivity contribution in [1.82, 2.24) is 0 Å². The number of rotatable bonds is 4. The minimum atomic E-state index is -0.878. The third kappa shape index (κ3) is 2.74. The molecule has 0 fully saturated rings. The number of ether oxygens (including phenoxy) is 1. The standard InChI is InChI=1S/C11H10O4/c1-2-15-11(14)10(13)9-5-3-8(7-12)4-6-9/h3-7H,2H2,1H3. The maximum atomic E-state index is 11.4. The van der Waals surface area contributed by atoms with Crippen LogP contribution in [0.25, 0.3) is 0 Å². The van der Waals surface area contributed by atoms with E-state index in [1.165, 1.54) is 24.3 Å². The number of hydrogen-bond acceptors (Lipinski definition) is 4. The highest BCUT2D eigenvalue weighted by Gasteiger charge is 2.16. The highest BCUT2D eigenvalue weighted by molar-refractivity contribution is 6.40. The summed E-state index contributed by atoms with van der Waals surface area (Å²) in [5.41, 5.74) is 0.675. The summed E-state index contributed by atoms with van der Waals surface area (Å²) in [7, 11) is 0. The average molecular weight is 206 g/mol. The van der Waals surface area contributed by atoms with E-state index in [0.29, 0.717) is 11.8 Å².